The Morgan fingerprint density at radius 3 is 2.76 bits per heavy atom. The quantitative estimate of drug-likeness (QED) is 0.784. The number of rotatable bonds is 5. The predicted molar refractivity (Wildman–Crippen MR) is 84.9 cm³/mol. The number of imidazole rings is 1. The SMILES string of the molecule is CCN(c1ccc(F)cc1)c1nc2sccn2c1CNC. The summed E-state index contributed by atoms with van der Waals surface area (Å²) in [7, 11) is 1.92. The van der Waals surface area contributed by atoms with Gasteiger partial charge < -0.3 is 10.2 Å². The minimum Gasteiger partial charge on any atom is -0.325 e. The molecule has 1 N–H and O–H groups in total. The number of aromatic nitrogens is 2. The molecule has 4 nitrogen and oxygen atoms in total. The van der Waals surface area contributed by atoms with Crippen LogP contribution >= 0.6 is 11.3 Å². The summed E-state index contributed by atoms with van der Waals surface area (Å²) >= 11 is 1.61. The molecule has 0 fully saturated rings. The van der Waals surface area contributed by atoms with Gasteiger partial charge in [0.1, 0.15) is 5.82 Å². The molecule has 0 saturated heterocycles. The largest absolute Gasteiger partial charge is 0.325 e. The fourth-order valence-corrected chi connectivity index (χ4v) is 3.17. The topological polar surface area (TPSA) is 32.6 Å². The van der Waals surface area contributed by atoms with Crippen molar-refractivity contribution in [1.82, 2.24) is 14.7 Å². The van der Waals surface area contributed by atoms with Gasteiger partial charge in [-0.05, 0) is 38.2 Å². The number of anilines is 2. The van der Waals surface area contributed by atoms with Crippen LogP contribution in [0.4, 0.5) is 15.9 Å². The Labute approximate surface area is 126 Å². The summed E-state index contributed by atoms with van der Waals surface area (Å²) in [6, 6.07) is 6.53. The monoisotopic (exact) mass is 304 g/mol. The summed E-state index contributed by atoms with van der Waals surface area (Å²) in [6.07, 6.45) is 2.03. The Bertz CT molecular complexity index is 732. The lowest BCUT2D eigenvalue weighted by Crippen LogP contribution is -2.20. The zero-order valence-corrected chi connectivity index (χ0v) is 12.8. The molecule has 0 aliphatic rings. The molecule has 0 spiro atoms. The predicted octanol–water partition coefficient (Wildman–Crippen LogP) is 3.41. The number of hydrogen-bond donors (Lipinski definition) is 1. The van der Waals surface area contributed by atoms with Gasteiger partial charge in [0.25, 0.3) is 0 Å². The summed E-state index contributed by atoms with van der Waals surface area (Å²) in [5, 5.41) is 5.22. The number of nitrogens with zero attached hydrogens (tertiary/aromatic N) is 3. The van der Waals surface area contributed by atoms with E-state index in [1.54, 1.807) is 23.5 Å². The van der Waals surface area contributed by atoms with Gasteiger partial charge in [-0.15, -0.1) is 11.3 Å². The lowest BCUT2D eigenvalue weighted by molar-refractivity contribution is 0.627. The molecule has 0 radical (unpaired) electrons. The van der Waals surface area contributed by atoms with Gasteiger partial charge in [0, 0.05) is 30.4 Å². The van der Waals surface area contributed by atoms with Crippen molar-refractivity contribution in [2.75, 3.05) is 18.5 Å². The highest BCUT2D eigenvalue weighted by Crippen LogP contribution is 2.30. The molecule has 3 rings (SSSR count). The summed E-state index contributed by atoms with van der Waals surface area (Å²) in [6.45, 7) is 3.57. The maximum absolute atomic E-state index is 13.1. The molecule has 0 amide bonds. The van der Waals surface area contributed by atoms with Crippen molar-refractivity contribution >= 4 is 27.8 Å². The van der Waals surface area contributed by atoms with Crippen LogP contribution in [0.25, 0.3) is 4.96 Å². The maximum atomic E-state index is 13.1. The second-order valence-corrected chi connectivity index (χ2v) is 5.56. The molecule has 0 aliphatic heterocycles. The first-order valence-electron chi connectivity index (χ1n) is 6.86. The van der Waals surface area contributed by atoms with E-state index >= 15 is 0 Å². The molecule has 0 saturated carbocycles. The summed E-state index contributed by atoms with van der Waals surface area (Å²) < 4.78 is 15.2. The molecule has 1 aromatic carbocycles. The maximum Gasteiger partial charge on any atom is 0.195 e. The second kappa shape index (κ2) is 5.83. The van der Waals surface area contributed by atoms with Crippen LogP contribution in [0.1, 0.15) is 12.6 Å². The molecule has 2 aromatic heterocycles. The number of halogens is 1. The molecule has 110 valence electrons. The van der Waals surface area contributed by atoms with Gasteiger partial charge in [-0.2, -0.15) is 0 Å². The van der Waals surface area contributed by atoms with E-state index in [0.717, 1.165) is 35.2 Å². The summed E-state index contributed by atoms with van der Waals surface area (Å²) in [5.41, 5.74) is 2.06. The van der Waals surface area contributed by atoms with E-state index < -0.39 is 0 Å². The Morgan fingerprint density at radius 2 is 2.10 bits per heavy atom. The Morgan fingerprint density at radius 1 is 1.33 bits per heavy atom. The lowest BCUT2D eigenvalue weighted by atomic mass is 10.2. The van der Waals surface area contributed by atoms with Crippen molar-refractivity contribution in [3.63, 3.8) is 0 Å². The van der Waals surface area contributed by atoms with Crippen LogP contribution in [0, 0.1) is 5.82 Å². The smallest absolute Gasteiger partial charge is 0.195 e. The molecule has 3 aromatic rings. The minimum atomic E-state index is -0.226. The van der Waals surface area contributed by atoms with Gasteiger partial charge in [0.05, 0.1) is 5.69 Å². The first-order valence-corrected chi connectivity index (χ1v) is 7.74. The highest BCUT2D eigenvalue weighted by atomic mass is 32.1. The van der Waals surface area contributed by atoms with Crippen molar-refractivity contribution in [3.05, 3.63) is 47.4 Å². The first kappa shape index (κ1) is 14.0. The average Bonchev–Trinajstić information content (AvgIpc) is 3.05. The zero-order chi connectivity index (χ0) is 14.8. The van der Waals surface area contributed by atoms with E-state index in [4.69, 9.17) is 4.98 Å². The average molecular weight is 304 g/mol. The zero-order valence-electron chi connectivity index (χ0n) is 12.0. The minimum absolute atomic E-state index is 0.226. The van der Waals surface area contributed by atoms with Gasteiger partial charge in [-0.25, -0.2) is 9.37 Å². The van der Waals surface area contributed by atoms with Crippen LogP contribution in [0.2, 0.25) is 0 Å². The third-order valence-electron chi connectivity index (χ3n) is 3.39. The van der Waals surface area contributed by atoms with Gasteiger partial charge in [-0.3, -0.25) is 4.40 Å². The van der Waals surface area contributed by atoms with Crippen LogP contribution in [-0.2, 0) is 6.54 Å². The van der Waals surface area contributed by atoms with E-state index in [0.29, 0.717) is 0 Å². The standard InChI is InChI=1S/C15H17FN4S/c1-3-19(12-6-4-11(16)5-7-12)14-13(10-17-2)20-8-9-21-15(20)18-14/h4-9,17H,3,10H2,1-2H3. The Hall–Kier alpha value is -1.92. The molecule has 0 atom stereocenters. The fraction of sp³-hybridized carbons (Fsp3) is 0.267. The lowest BCUT2D eigenvalue weighted by Gasteiger charge is -2.22. The Balaban J connectivity index is 2.09. The van der Waals surface area contributed by atoms with Crippen molar-refractivity contribution in [3.8, 4) is 0 Å². The number of benzene rings is 1. The van der Waals surface area contributed by atoms with Crippen LogP contribution in [0.15, 0.2) is 35.8 Å². The van der Waals surface area contributed by atoms with Crippen LogP contribution in [-0.4, -0.2) is 23.0 Å². The van der Waals surface area contributed by atoms with Crippen molar-refractivity contribution in [1.29, 1.82) is 0 Å². The van der Waals surface area contributed by atoms with Crippen molar-refractivity contribution in [2.45, 2.75) is 13.5 Å². The van der Waals surface area contributed by atoms with Crippen LogP contribution in [0.5, 0.6) is 0 Å². The highest BCUT2D eigenvalue weighted by Gasteiger charge is 2.18. The third-order valence-corrected chi connectivity index (χ3v) is 4.15. The third kappa shape index (κ3) is 2.52. The number of hydrogen-bond acceptors (Lipinski definition) is 4. The van der Waals surface area contributed by atoms with E-state index in [1.807, 2.05) is 18.6 Å². The molecule has 21 heavy (non-hydrogen) atoms. The normalized spacial score (nSPS) is 11.2. The molecule has 2 heterocycles. The molecule has 0 aliphatic carbocycles. The van der Waals surface area contributed by atoms with Crippen molar-refractivity contribution < 1.29 is 4.39 Å². The number of nitrogens with one attached hydrogen (secondary N) is 1. The van der Waals surface area contributed by atoms with E-state index in [-0.39, 0.29) is 5.82 Å². The Kier molecular flexibility index (Phi) is 3.90. The summed E-state index contributed by atoms with van der Waals surface area (Å²) in [5.74, 6) is 0.696. The molecular formula is C15H17FN4S. The van der Waals surface area contributed by atoms with Gasteiger partial charge in [0.2, 0.25) is 0 Å². The van der Waals surface area contributed by atoms with E-state index in [2.05, 4.69) is 21.5 Å². The van der Waals surface area contributed by atoms with E-state index in [9.17, 15) is 4.39 Å². The molecular weight excluding hydrogens is 287 g/mol. The van der Waals surface area contributed by atoms with Crippen LogP contribution < -0.4 is 10.2 Å². The number of thiazole rings is 1. The summed E-state index contributed by atoms with van der Waals surface area (Å²) in [4.78, 5) is 7.81. The van der Waals surface area contributed by atoms with E-state index in [1.165, 1.54) is 12.1 Å². The molecule has 6 heteroatoms. The second-order valence-electron chi connectivity index (χ2n) is 4.69. The molecule has 0 unspecified atom stereocenters. The first-order chi connectivity index (χ1) is 10.2. The van der Waals surface area contributed by atoms with Gasteiger partial charge >= 0.3 is 0 Å². The van der Waals surface area contributed by atoms with Crippen LogP contribution in [0.3, 0.4) is 0 Å². The molecule has 0 bridgehead atoms. The van der Waals surface area contributed by atoms with Gasteiger partial charge in [-0.1, -0.05) is 0 Å². The van der Waals surface area contributed by atoms with Crippen molar-refractivity contribution in [2.24, 2.45) is 0 Å². The van der Waals surface area contributed by atoms with Gasteiger partial charge in [0.15, 0.2) is 10.8 Å². The highest BCUT2D eigenvalue weighted by molar-refractivity contribution is 7.15. The fourth-order valence-electron chi connectivity index (χ4n) is 2.44. The number of fused-ring (bicyclic) bond motifs is 1.